The predicted octanol–water partition coefficient (Wildman–Crippen LogP) is 0.304. The maximum absolute atomic E-state index is 11.8. The van der Waals surface area contributed by atoms with E-state index in [4.69, 9.17) is 5.73 Å². The van der Waals surface area contributed by atoms with Gasteiger partial charge in [-0.1, -0.05) is 11.2 Å². The van der Waals surface area contributed by atoms with E-state index in [9.17, 15) is 14.9 Å². The van der Waals surface area contributed by atoms with E-state index in [0.29, 0.717) is 11.3 Å². The van der Waals surface area contributed by atoms with Crippen molar-refractivity contribution in [1.82, 2.24) is 25.6 Å². The lowest BCUT2D eigenvalue weighted by molar-refractivity contribution is -0.384. The molecule has 1 aromatic heterocycles. The number of hydrogen-bond donors (Lipinski definition) is 2. The number of nitrogens with one attached hydrogen (secondary N) is 1. The Morgan fingerprint density at radius 2 is 2.15 bits per heavy atom. The first-order valence-electron chi connectivity index (χ1n) is 8.41. The average molecular weight is 373 g/mol. The van der Waals surface area contributed by atoms with Crippen LogP contribution in [0, 0.1) is 10.1 Å². The second-order valence-electron chi connectivity index (χ2n) is 6.04. The predicted molar refractivity (Wildman–Crippen MR) is 97.1 cm³/mol. The van der Waals surface area contributed by atoms with Crippen LogP contribution < -0.4 is 16.1 Å². The van der Waals surface area contributed by atoms with E-state index in [2.05, 4.69) is 26.1 Å². The van der Waals surface area contributed by atoms with Gasteiger partial charge in [0.15, 0.2) is 0 Å². The number of hydrogen-bond acceptors (Lipinski definition) is 9. The summed E-state index contributed by atoms with van der Waals surface area (Å²) < 4.78 is 1.11. The third-order valence-electron chi connectivity index (χ3n) is 4.15. The van der Waals surface area contributed by atoms with E-state index in [1.54, 1.807) is 12.1 Å². The summed E-state index contributed by atoms with van der Waals surface area (Å²) in [5.74, 6) is -0.470. The van der Waals surface area contributed by atoms with E-state index in [1.807, 2.05) is 4.90 Å². The number of nitrogens with two attached hydrogens (primary N) is 1. The summed E-state index contributed by atoms with van der Waals surface area (Å²) in [5, 5.41) is 25.6. The Kier molecular flexibility index (Phi) is 5.54. The largest absolute Gasteiger partial charge is 0.367 e. The number of nitrogen functional groups attached to an aromatic ring is 1. The number of aromatic nitrogens is 4. The fourth-order valence-electron chi connectivity index (χ4n) is 2.84. The lowest BCUT2D eigenvalue weighted by Crippen LogP contribution is -2.30. The van der Waals surface area contributed by atoms with Crippen molar-refractivity contribution < 1.29 is 9.72 Å². The minimum Gasteiger partial charge on any atom is -0.367 e. The van der Waals surface area contributed by atoms with Crippen molar-refractivity contribution in [2.24, 2.45) is 5.10 Å². The van der Waals surface area contributed by atoms with Crippen LogP contribution in [0.3, 0.4) is 0 Å². The molecule has 1 aliphatic rings. The molecule has 12 nitrogen and oxygen atoms in total. The number of amides is 1. The van der Waals surface area contributed by atoms with E-state index < -0.39 is 10.8 Å². The molecular formula is C15H19N9O3. The smallest absolute Gasteiger partial charge is 0.293 e. The highest BCUT2D eigenvalue weighted by molar-refractivity contribution is 5.85. The summed E-state index contributed by atoms with van der Waals surface area (Å²) in [5.41, 5.74) is 8.90. The van der Waals surface area contributed by atoms with E-state index in [1.165, 1.54) is 12.3 Å². The number of tetrazole rings is 1. The average Bonchev–Trinajstić information content (AvgIpc) is 3.07. The van der Waals surface area contributed by atoms with E-state index in [-0.39, 0.29) is 18.2 Å². The third kappa shape index (κ3) is 4.54. The van der Waals surface area contributed by atoms with Crippen molar-refractivity contribution in [2.45, 2.75) is 25.8 Å². The SMILES string of the molecule is Nc1nnnn1CC(=O)N/N=C/c1ccc(N2CCCCC2)c([N+](=O)[O-])c1. The number of carbonyl (C=O) groups is 1. The molecule has 1 aliphatic heterocycles. The summed E-state index contributed by atoms with van der Waals surface area (Å²) in [7, 11) is 0. The molecule has 0 aliphatic carbocycles. The van der Waals surface area contributed by atoms with Crippen molar-refractivity contribution in [3.05, 3.63) is 33.9 Å². The molecule has 27 heavy (non-hydrogen) atoms. The van der Waals surface area contributed by atoms with Gasteiger partial charge in [0, 0.05) is 24.7 Å². The first-order chi connectivity index (χ1) is 13.0. The zero-order valence-electron chi connectivity index (χ0n) is 14.5. The van der Waals surface area contributed by atoms with Crippen LogP contribution in [-0.4, -0.2) is 50.3 Å². The molecule has 2 heterocycles. The third-order valence-corrected chi connectivity index (χ3v) is 4.15. The zero-order valence-corrected chi connectivity index (χ0v) is 14.5. The van der Waals surface area contributed by atoms with Crippen LogP contribution in [0.2, 0.25) is 0 Å². The fraction of sp³-hybridized carbons (Fsp3) is 0.400. The number of nitro benzene ring substituents is 1. The van der Waals surface area contributed by atoms with Crippen molar-refractivity contribution in [2.75, 3.05) is 23.7 Å². The number of nitro groups is 1. The molecule has 1 amide bonds. The van der Waals surface area contributed by atoms with Gasteiger partial charge in [0.1, 0.15) is 12.2 Å². The molecule has 2 aromatic rings. The molecule has 12 heteroatoms. The van der Waals surface area contributed by atoms with Gasteiger partial charge in [-0.3, -0.25) is 14.9 Å². The normalized spacial score (nSPS) is 14.4. The zero-order chi connectivity index (χ0) is 19.2. The summed E-state index contributed by atoms with van der Waals surface area (Å²) in [6.07, 6.45) is 4.54. The summed E-state index contributed by atoms with van der Waals surface area (Å²) in [6, 6.07) is 4.89. The van der Waals surface area contributed by atoms with Gasteiger partial charge in [-0.05, 0) is 35.8 Å². The molecule has 1 fully saturated rings. The Labute approximate surface area is 154 Å². The Morgan fingerprint density at radius 1 is 1.37 bits per heavy atom. The summed E-state index contributed by atoms with van der Waals surface area (Å²) in [4.78, 5) is 24.8. The van der Waals surface area contributed by atoms with E-state index in [0.717, 1.165) is 37.0 Å². The molecule has 0 atom stereocenters. The van der Waals surface area contributed by atoms with Crippen molar-refractivity contribution in [3.8, 4) is 0 Å². The number of benzene rings is 1. The monoisotopic (exact) mass is 373 g/mol. The second kappa shape index (κ2) is 8.21. The van der Waals surface area contributed by atoms with Gasteiger partial charge in [-0.15, -0.1) is 0 Å². The van der Waals surface area contributed by atoms with Gasteiger partial charge in [0.2, 0.25) is 5.95 Å². The molecule has 3 N–H and O–H groups in total. The second-order valence-corrected chi connectivity index (χ2v) is 6.04. The highest BCUT2D eigenvalue weighted by atomic mass is 16.6. The highest BCUT2D eigenvalue weighted by Gasteiger charge is 2.21. The Morgan fingerprint density at radius 3 is 2.81 bits per heavy atom. The number of piperidine rings is 1. The Balaban J connectivity index is 1.66. The summed E-state index contributed by atoms with van der Waals surface area (Å²) >= 11 is 0. The number of nitrogens with zero attached hydrogens (tertiary/aromatic N) is 7. The lowest BCUT2D eigenvalue weighted by atomic mass is 10.1. The molecule has 0 bridgehead atoms. The number of hydrazone groups is 1. The van der Waals surface area contributed by atoms with Gasteiger partial charge < -0.3 is 10.6 Å². The topological polar surface area (TPSA) is 157 Å². The van der Waals surface area contributed by atoms with Crippen LogP contribution in [-0.2, 0) is 11.3 Å². The standard InChI is InChI=1S/C15H19N9O3/c16-15-19-20-21-23(15)10-14(25)18-17-9-11-4-5-12(13(8-11)24(26)27)22-6-2-1-3-7-22/h4-5,8-9H,1-3,6-7,10H2,(H,18,25)(H2,16,19,21)/b17-9+. The van der Waals surface area contributed by atoms with Gasteiger partial charge in [0.05, 0.1) is 11.1 Å². The van der Waals surface area contributed by atoms with Crippen molar-refractivity contribution in [3.63, 3.8) is 0 Å². The minimum atomic E-state index is -0.482. The van der Waals surface area contributed by atoms with Gasteiger partial charge in [-0.2, -0.15) is 5.10 Å². The highest BCUT2D eigenvalue weighted by Crippen LogP contribution is 2.30. The molecule has 142 valence electrons. The number of anilines is 2. The van der Waals surface area contributed by atoms with Crippen LogP contribution in [0.4, 0.5) is 17.3 Å². The Hall–Kier alpha value is -3.57. The molecule has 1 saturated heterocycles. The van der Waals surface area contributed by atoms with Crippen LogP contribution in [0.25, 0.3) is 0 Å². The van der Waals surface area contributed by atoms with Crippen molar-refractivity contribution >= 4 is 29.4 Å². The van der Waals surface area contributed by atoms with Gasteiger partial charge in [0.25, 0.3) is 11.6 Å². The molecule has 0 radical (unpaired) electrons. The molecule has 1 aromatic carbocycles. The first-order valence-corrected chi connectivity index (χ1v) is 8.41. The summed E-state index contributed by atoms with van der Waals surface area (Å²) in [6.45, 7) is 1.43. The molecule has 0 spiro atoms. The van der Waals surface area contributed by atoms with Gasteiger partial charge >= 0.3 is 0 Å². The quantitative estimate of drug-likeness (QED) is 0.416. The molecule has 0 saturated carbocycles. The lowest BCUT2D eigenvalue weighted by Gasteiger charge is -2.28. The molecular weight excluding hydrogens is 354 g/mol. The van der Waals surface area contributed by atoms with Crippen LogP contribution in [0.5, 0.6) is 0 Å². The fourth-order valence-corrected chi connectivity index (χ4v) is 2.84. The van der Waals surface area contributed by atoms with Gasteiger partial charge in [-0.25, -0.2) is 10.1 Å². The van der Waals surface area contributed by atoms with Crippen molar-refractivity contribution in [1.29, 1.82) is 0 Å². The van der Waals surface area contributed by atoms with Crippen LogP contribution in [0.15, 0.2) is 23.3 Å². The number of carbonyl (C=O) groups excluding carboxylic acids is 1. The first kappa shape index (κ1) is 18.2. The van der Waals surface area contributed by atoms with Crippen LogP contribution in [0.1, 0.15) is 24.8 Å². The van der Waals surface area contributed by atoms with Crippen LogP contribution >= 0.6 is 0 Å². The Bertz CT molecular complexity index is 858. The maximum atomic E-state index is 11.8. The number of rotatable bonds is 6. The maximum Gasteiger partial charge on any atom is 0.293 e. The van der Waals surface area contributed by atoms with E-state index >= 15 is 0 Å². The molecule has 3 rings (SSSR count). The minimum absolute atomic E-state index is 0.0121. The molecule has 0 unspecified atom stereocenters.